The van der Waals surface area contributed by atoms with Crippen molar-refractivity contribution >= 4 is 46.4 Å². The number of benzene rings is 3. The van der Waals surface area contributed by atoms with Gasteiger partial charge in [0.15, 0.2) is 0 Å². The zero-order chi connectivity index (χ0) is 23.1. The average molecular weight is 470 g/mol. The number of hydrogen-bond donors (Lipinski definition) is 2. The van der Waals surface area contributed by atoms with Gasteiger partial charge in [-0.2, -0.15) is 5.10 Å². The quantitative estimate of drug-likeness (QED) is 0.289. The minimum absolute atomic E-state index is 0.310. The van der Waals surface area contributed by atoms with Crippen LogP contribution in [0, 0.1) is 6.92 Å². The van der Waals surface area contributed by atoms with Crippen LogP contribution in [0.25, 0.3) is 0 Å². The summed E-state index contributed by atoms with van der Waals surface area (Å²) in [6.45, 7) is 4.23. The average Bonchev–Trinajstić information content (AvgIpc) is 2.76. The van der Waals surface area contributed by atoms with Gasteiger partial charge in [0, 0.05) is 15.7 Å². The molecule has 3 aromatic rings. The Kier molecular flexibility index (Phi) is 7.87. The molecule has 0 aliphatic carbocycles. The van der Waals surface area contributed by atoms with Crippen LogP contribution in [0.4, 0.5) is 5.69 Å². The number of ether oxygens (including phenoxy) is 1. The van der Waals surface area contributed by atoms with Crippen LogP contribution in [0.5, 0.6) is 5.75 Å². The molecule has 0 aliphatic rings. The second-order valence-corrected chi connectivity index (χ2v) is 7.92. The van der Waals surface area contributed by atoms with Gasteiger partial charge in [-0.1, -0.05) is 53.0 Å². The number of hydrazone groups is 1. The first-order valence-electron chi connectivity index (χ1n) is 9.70. The molecule has 3 aromatic carbocycles. The molecule has 0 fully saturated rings. The van der Waals surface area contributed by atoms with Crippen molar-refractivity contribution in [2.45, 2.75) is 20.5 Å². The number of anilines is 1. The van der Waals surface area contributed by atoms with E-state index in [1.807, 2.05) is 55.5 Å². The molecule has 32 heavy (non-hydrogen) atoms. The molecule has 0 spiro atoms. The van der Waals surface area contributed by atoms with Gasteiger partial charge in [-0.05, 0) is 67.4 Å². The smallest absolute Gasteiger partial charge is 0.329 e. The van der Waals surface area contributed by atoms with E-state index in [4.69, 9.17) is 27.9 Å². The second kappa shape index (κ2) is 10.8. The molecule has 0 atom stereocenters. The highest BCUT2D eigenvalue weighted by Gasteiger charge is 2.14. The molecule has 8 heteroatoms. The Hall–Kier alpha value is -3.35. The van der Waals surface area contributed by atoms with E-state index in [9.17, 15) is 9.59 Å². The highest BCUT2D eigenvalue weighted by molar-refractivity contribution is 6.40. The van der Waals surface area contributed by atoms with E-state index in [2.05, 4.69) is 15.8 Å². The number of carbonyl (C=O) groups is 2. The van der Waals surface area contributed by atoms with Crippen molar-refractivity contribution in [1.29, 1.82) is 0 Å². The molecular formula is C24H21Cl2N3O3. The Morgan fingerprint density at radius 2 is 1.53 bits per heavy atom. The third-order valence-corrected chi connectivity index (χ3v) is 4.89. The van der Waals surface area contributed by atoms with Gasteiger partial charge < -0.3 is 10.1 Å². The lowest BCUT2D eigenvalue weighted by Gasteiger charge is -2.08. The molecule has 0 saturated heterocycles. The Labute approximate surface area is 196 Å². The SMILES string of the molecule is CC(=NNC(=O)C(=O)Nc1cc(Cl)cc(Cl)c1)c1ccc(OCc2ccc(C)cc2)cc1. The first-order chi connectivity index (χ1) is 15.3. The molecule has 2 N–H and O–H groups in total. The Balaban J connectivity index is 1.53. The summed E-state index contributed by atoms with van der Waals surface area (Å²) in [4.78, 5) is 24.1. The van der Waals surface area contributed by atoms with Crippen molar-refractivity contribution in [1.82, 2.24) is 5.43 Å². The van der Waals surface area contributed by atoms with Crippen LogP contribution < -0.4 is 15.5 Å². The Morgan fingerprint density at radius 1 is 0.906 bits per heavy atom. The lowest BCUT2D eigenvalue weighted by molar-refractivity contribution is -0.136. The van der Waals surface area contributed by atoms with Gasteiger partial charge in [-0.3, -0.25) is 9.59 Å². The van der Waals surface area contributed by atoms with Crippen molar-refractivity contribution in [3.8, 4) is 5.75 Å². The number of rotatable bonds is 6. The maximum absolute atomic E-state index is 12.0. The van der Waals surface area contributed by atoms with E-state index >= 15 is 0 Å². The van der Waals surface area contributed by atoms with E-state index in [0.29, 0.717) is 33.8 Å². The molecule has 164 valence electrons. The molecular weight excluding hydrogens is 449 g/mol. The standard InChI is InChI=1S/C24H21Cl2N3O3/c1-15-3-5-17(6-4-15)14-32-22-9-7-18(8-10-22)16(2)28-29-24(31)23(30)27-21-12-19(25)11-20(26)13-21/h3-13H,14H2,1-2H3,(H,27,30)(H,29,31). The van der Waals surface area contributed by atoms with Crippen LogP contribution in [-0.2, 0) is 16.2 Å². The predicted octanol–water partition coefficient (Wildman–Crippen LogP) is 5.36. The Morgan fingerprint density at radius 3 is 2.16 bits per heavy atom. The summed E-state index contributed by atoms with van der Waals surface area (Å²) in [5.74, 6) is -1.09. The van der Waals surface area contributed by atoms with Crippen LogP contribution in [0.2, 0.25) is 10.0 Å². The van der Waals surface area contributed by atoms with Crippen molar-refractivity contribution in [2.24, 2.45) is 5.10 Å². The summed E-state index contributed by atoms with van der Waals surface area (Å²) in [5.41, 5.74) is 6.13. The molecule has 0 radical (unpaired) electrons. The summed E-state index contributed by atoms with van der Waals surface area (Å²) < 4.78 is 5.79. The number of aryl methyl sites for hydroxylation is 1. The third kappa shape index (κ3) is 6.83. The number of nitrogens with zero attached hydrogens (tertiary/aromatic N) is 1. The summed E-state index contributed by atoms with van der Waals surface area (Å²) in [7, 11) is 0. The maximum Gasteiger partial charge on any atom is 0.329 e. The number of amides is 2. The topological polar surface area (TPSA) is 79.8 Å². The van der Waals surface area contributed by atoms with Crippen molar-refractivity contribution in [2.75, 3.05) is 5.32 Å². The predicted molar refractivity (Wildman–Crippen MR) is 127 cm³/mol. The van der Waals surface area contributed by atoms with E-state index in [-0.39, 0.29) is 0 Å². The fourth-order valence-corrected chi connectivity index (χ4v) is 3.23. The van der Waals surface area contributed by atoms with Gasteiger partial charge in [-0.15, -0.1) is 0 Å². The minimum Gasteiger partial charge on any atom is -0.489 e. The van der Waals surface area contributed by atoms with Gasteiger partial charge in [0.05, 0.1) is 5.71 Å². The molecule has 0 bridgehead atoms. The van der Waals surface area contributed by atoms with E-state index < -0.39 is 11.8 Å². The van der Waals surface area contributed by atoms with Crippen LogP contribution in [0.15, 0.2) is 71.8 Å². The highest BCUT2D eigenvalue weighted by atomic mass is 35.5. The molecule has 0 saturated carbocycles. The molecule has 0 heterocycles. The second-order valence-electron chi connectivity index (χ2n) is 7.05. The highest BCUT2D eigenvalue weighted by Crippen LogP contribution is 2.22. The van der Waals surface area contributed by atoms with Crippen LogP contribution in [0.1, 0.15) is 23.6 Å². The normalized spacial score (nSPS) is 11.1. The van der Waals surface area contributed by atoms with Crippen molar-refractivity contribution in [3.63, 3.8) is 0 Å². The minimum atomic E-state index is -0.918. The van der Waals surface area contributed by atoms with E-state index in [1.165, 1.54) is 23.8 Å². The van der Waals surface area contributed by atoms with Gasteiger partial charge >= 0.3 is 11.8 Å². The maximum atomic E-state index is 12.0. The summed E-state index contributed by atoms with van der Waals surface area (Å²) in [6, 6.07) is 19.9. The first-order valence-corrected chi connectivity index (χ1v) is 10.5. The van der Waals surface area contributed by atoms with E-state index in [0.717, 1.165) is 11.1 Å². The van der Waals surface area contributed by atoms with Crippen LogP contribution in [-0.4, -0.2) is 17.5 Å². The molecule has 6 nitrogen and oxygen atoms in total. The lowest BCUT2D eigenvalue weighted by atomic mass is 10.1. The van der Waals surface area contributed by atoms with Gasteiger partial charge in [0.25, 0.3) is 0 Å². The summed E-state index contributed by atoms with van der Waals surface area (Å²) in [5, 5.41) is 7.09. The number of hydrogen-bond acceptors (Lipinski definition) is 4. The molecule has 2 amide bonds. The molecule has 0 aliphatic heterocycles. The van der Waals surface area contributed by atoms with Crippen LogP contribution in [0.3, 0.4) is 0 Å². The fraction of sp³-hybridized carbons (Fsp3) is 0.125. The number of carbonyl (C=O) groups excluding carboxylic acids is 2. The zero-order valence-electron chi connectivity index (χ0n) is 17.5. The fourth-order valence-electron chi connectivity index (χ4n) is 2.71. The first kappa shape index (κ1) is 23.3. The monoisotopic (exact) mass is 469 g/mol. The Bertz CT molecular complexity index is 1120. The van der Waals surface area contributed by atoms with Gasteiger partial charge in [-0.25, -0.2) is 5.43 Å². The summed E-state index contributed by atoms with van der Waals surface area (Å²) >= 11 is 11.8. The van der Waals surface area contributed by atoms with Crippen LogP contribution >= 0.6 is 23.2 Å². The zero-order valence-corrected chi connectivity index (χ0v) is 19.0. The molecule has 0 aromatic heterocycles. The summed E-state index contributed by atoms with van der Waals surface area (Å²) in [6.07, 6.45) is 0. The third-order valence-electron chi connectivity index (χ3n) is 4.45. The molecule has 0 unspecified atom stereocenters. The van der Waals surface area contributed by atoms with E-state index in [1.54, 1.807) is 6.92 Å². The molecule has 3 rings (SSSR count). The lowest BCUT2D eigenvalue weighted by Crippen LogP contribution is -2.32. The number of nitrogens with one attached hydrogen (secondary N) is 2. The van der Waals surface area contributed by atoms with Crippen molar-refractivity contribution in [3.05, 3.63) is 93.5 Å². The van der Waals surface area contributed by atoms with Gasteiger partial charge in [0.2, 0.25) is 0 Å². The van der Waals surface area contributed by atoms with Gasteiger partial charge in [0.1, 0.15) is 12.4 Å². The largest absolute Gasteiger partial charge is 0.489 e. The van der Waals surface area contributed by atoms with Crippen molar-refractivity contribution < 1.29 is 14.3 Å². The number of halogens is 2.